The molecule has 6 rings (SSSR count). The molecule has 0 heterocycles. The van der Waals surface area contributed by atoms with Crippen LogP contribution in [0.25, 0.3) is 0 Å². The van der Waals surface area contributed by atoms with E-state index >= 15 is 0 Å². The van der Waals surface area contributed by atoms with Crippen molar-refractivity contribution >= 4 is 0 Å². The highest BCUT2D eigenvalue weighted by molar-refractivity contribution is 5.51. The predicted molar refractivity (Wildman–Crippen MR) is 228 cm³/mol. The van der Waals surface area contributed by atoms with Gasteiger partial charge in [0, 0.05) is 10.8 Å². The summed E-state index contributed by atoms with van der Waals surface area (Å²) in [6, 6.07) is 67.2. The lowest BCUT2D eigenvalue weighted by Crippen LogP contribution is -2.29. The summed E-state index contributed by atoms with van der Waals surface area (Å²) in [5, 5.41) is 0. The first-order chi connectivity index (χ1) is 26.3. The molecule has 272 valence electrons. The summed E-state index contributed by atoms with van der Waals surface area (Å²) >= 11 is 0. The lowest BCUT2D eigenvalue weighted by atomic mass is 9.66. The summed E-state index contributed by atoms with van der Waals surface area (Å²) in [5.41, 5.74) is 8.18. The standard InChI is InChI=1S/C53H60/c1(2-4-6-8-10-30-44-52(46-32-18-12-19-33-46,47-34-20-13-21-35-47)48-36-22-14-23-37-48)3-5-7-9-11-31-45-53(49-38-24-15-25-39-49,50-40-26-16-27-41-50)51-42-28-17-29-43-51/h12-29,32-43H,1-11,30-31,44-45H2. The van der Waals surface area contributed by atoms with E-state index in [1.54, 1.807) is 0 Å². The monoisotopic (exact) mass is 696 g/mol. The molecule has 0 atom stereocenters. The molecule has 0 radical (unpaired) electrons. The van der Waals surface area contributed by atoms with Crippen LogP contribution < -0.4 is 0 Å². The first-order valence-electron chi connectivity index (χ1n) is 20.7. The third-order valence-electron chi connectivity index (χ3n) is 11.7. The fourth-order valence-corrected chi connectivity index (χ4v) is 8.93. The van der Waals surface area contributed by atoms with Crippen molar-refractivity contribution in [3.8, 4) is 0 Å². The van der Waals surface area contributed by atoms with Gasteiger partial charge >= 0.3 is 0 Å². The zero-order chi connectivity index (χ0) is 36.3. The van der Waals surface area contributed by atoms with Gasteiger partial charge in [-0.3, -0.25) is 0 Å². The topological polar surface area (TPSA) is 0 Å². The van der Waals surface area contributed by atoms with Gasteiger partial charge in [0.1, 0.15) is 0 Å². The van der Waals surface area contributed by atoms with Crippen LogP contribution >= 0.6 is 0 Å². The second-order valence-corrected chi connectivity index (χ2v) is 15.1. The lowest BCUT2D eigenvalue weighted by Gasteiger charge is -2.36. The van der Waals surface area contributed by atoms with Gasteiger partial charge in [0.05, 0.1) is 0 Å². The molecule has 0 heteroatoms. The summed E-state index contributed by atoms with van der Waals surface area (Å²) in [5.74, 6) is 0. The van der Waals surface area contributed by atoms with Crippen LogP contribution in [0.4, 0.5) is 0 Å². The molecule has 0 nitrogen and oxygen atoms in total. The molecule has 6 aromatic rings. The van der Waals surface area contributed by atoms with Gasteiger partial charge in [-0.15, -0.1) is 0 Å². The molecule has 0 fully saturated rings. The molecule has 0 unspecified atom stereocenters. The highest BCUT2D eigenvalue weighted by Gasteiger charge is 2.36. The highest BCUT2D eigenvalue weighted by atomic mass is 14.4. The average molecular weight is 697 g/mol. The van der Waals surface area contributed by atoms with Crippen LogP contribution in [-0.4, -0.2) is 0 Å². The van der Waals surface area contributed by atoms with Gasteiger partial charge in [-0.1, -0.05) is 265 Å². The van der Waals surface area contributed by atoms with Crippen molar-refractivity contribution in [1.82, 2.24) is 0 Å². The molecule has 0 saturated carbocycles. The molecule has 0 amide bonds. The van der Waals surface area contributed by atoms with Crippen molar-refractivity contribution in [2.75, 3.05) is 0 Å². The Hall–Kier alpha value is -4.68. The maximum atomic E-state index is 2.33. The molecule has 0 bridgehead atoms. The summed E-state index contributed by atoms with van der Waals surface area (Å²) < 4.78 is 0. The van der Waals surface area contributed by atoms with Gasteiger partial charge in [0.15, 0.2) is 0 Å². The average Bonchev–Trinajstić information content (AvgIpc) is 3.24. The smallest absolute Gasteiger partial charge is 0.0451 e. The Morgan fingerprint density at radius 3 is 0.509 bits per heavy atom. The highest BCUT2D eigenvalue weighted by Crippen LogP contribution is 2.45. The lowest BCUT2D eigenvalue weighted by molar-refractivity contribution is 0.485. The molecule has 0 N–H and O–H groups in total. The number of unbranched alkanes of at least 4 members (excludes halogenated alkanes) is 12. The van der Waals surface area contributed by atoms with Crippen LogP contribution in [0.5, 0.6) is 0 Å². The molecule has 0 aliphatic rings. The Bertz CT molecular complexity index is 1480. The first-order valence-corrected chi connectivity index (χ1v) is 20.7. The maximum absolute atomic E-state index is 2.33. The Kier molecular flexibility index (Phi) is 14.7. The van der Waals surface area contributed by atoms with Gasteiger partial charge in [-0.25, -0.2) is 0 Å². The second kappa shape index (κ2) is 20.5. The van der Waals surface area contributed by atoms with Crippen molar-refractivity contribution in [3.63, 3.8) is 0 Å². The van der Waals surface area contributed by atoms with E-state index in [-0.39, 0.29) is 10.8 Å². The van der Waals surface area contributed by atoms with E-state index in [4.69, 9.17) is 0 Å². The van der Waals surface area contributed by atoms with E-state index in [0.717, 1.165) is 12.8 Å². The fourth-order valence-electron chi connectivity index (χ4n) is 8.93. The van der Waals surface area contributed by atoms with E-state index in [1.807, 2.05) is 0 Å². The Balaban J connectivity index is 0.901. The number of rotatable bonds is 22. The van der Waals surface area contributed by atoms with Crippen molar-refractivity contribution in [2.24, 2.45) is 0 Å². The molecule has 0 aliphatic heterocycles. The van der Waals surface area contributed by atoms with Crippen LogP contribution in [-0.2, 0) is 10.8 Å². The van der Waals surface area contributed by atoms with Crippen molar-refractivity contribution in [1.29, 1.82) is 0 Å². The van der Waals surface area contributed by atoms with E-state index in [0.29, 0.717) is 0 Å². The van der Waals surface area contributed by atoms with Crippen molar-refractivity contribution in [2.45, 2.75) is 107 Å². The molecule has 0 aliphatic carbocycles. The van der Waals surface area contributed by atoms with Crippen LogP contribution in [0.15, 0.2) is 182 Å². The van der Waals surface area contributed by atoms with Gasteiger partial charge in [-0.05, 0) is 46.2 Å². The fraction of sp³-hybridized carbons (Fsp3) is 0.321. The molecule has 0 spiro atoms. The zero-order valence-corrected chi connectivity index (χ0v) is 31.9. The van der Waals surface area contributed by atoms with Crippen molar-refractivity contribution < 1.29 is 0 Å². The SMILES string of the molecule is c1ccc(C(CCCCCCCCCCCCCCCC(c2ccccc2)(c2ccccc2)c2ccccc2)(c2ccccc2)c2ccccc2)cc1. The summed E-state index contributed by atoms with van der Waals surface area (Å²) in [7, 11) is 0. The van der Waals surface area contributed by atoms with Gasteiger partial charge < -0.3 is 0 Å². The van der Waals surface area contributed by atoms with E-state index in [1.165, 1.54) is 117 Å². The third kappa shape index (κ3) is 9.85. The molecular weight excluding hydrogens is 637 g/mol. The zero-order valence-electron chi connectivity index (χ0n) is 31.9. The first kappa shape index (κ1) is 38.1. The molecule has 0 aromatic heterocycles. The quantitative estimate of drug-likeness (QED) is 0.0490. The molecule has 0 saturated heterocycles. The van der Waals surface area contributed by atoms with Crippen LogP contribution in [0, 0.1) is 0 Å². The molecular formula is C53H60. The minimum atomic E-state index is -0.113. The Labute approximate surface area is 321 Å². The van der Waals surface area contributed by atoms with E-state index in [2.05, 4.69) is 182 Å². The summed E-state index contributed by atoms with van der Waals surface area (Å²) in [6.45, 7) is 0. The molecule has 6 aromatic carbocycles. The largest absolute Gasteiger partial charge is 0.0622 e. The minimum absolute atomic E-state index is 0.113. The second-order valence-electron chi connectivity index (χ2n) is 15.1. The van der Waals surface area contributed by atoms with E-state index in [9.17, 15) is 0 Å². The van der Waals surface area contributed by atoms with Crippen LogP contribution in [0.3, 0.4) is 0 Å². The number of hydrogen-bond donors (Lipinski definition) is 0. The minimum Gasteiger partial charge on any atom is -0.0622 e. The summed E-state index contributed by atoms with van der Waals surface area (Å²) in [4.78, 5) is 0. The van der Waals surface area contributed by atoms with Gasteiger partial charge in [-0.2, -0.15) is 0 Å². The van der Waals surface area contributed by atoms with Crippen molar-refractivity contribution in [3.05, 3.63) is 215 Å². The normalized spacial score (nSPS) is 11.8. The number of hydrogen-bond acceptors (Lipinski definition) is 0. The van der Waals surface area contributed by atoms with E-state index < -0.39 is 0 Å². The van der Waals surface area contributed by atoms with Gasteiger partial charge in [0.2, 0.25) is 0 Å². The summed E-state index contributed by atoms with van der Waals surface area (Å²) in [6.07, 6.45) is 19.7. The third-order valence-corrected chi connectivity index (χ3v) is 11.7. The Morgan fingerprint density at radius 2 is 0.340 bits per heavy atom. The predicted octanol–water partition coefficient (Wildman–Crippen LogP) is 14.9. The maximum Gasteiger partial charge on any atom is 0.0451 e. The van der Waals surface area contributed by atoms with Crippen LogP contribution in [0.2, 0.25) is 0 Å². The van der Waals surface area contributed by atoms with Crippen LogP contribution in [0.1, 0.15) is 130 Å². The Morgan fingerprint density at radius 1 is 0.189 bits per heavy atom. The molecule has 53 heavy (non-hydrogen) atoms. The number of benzene rings is 6. The van der Waals surface area contributed by atoms with Gasteiger partial charge in [0.25, 0.3) is 0 Å².